The third-order valence-corrected chi connectivity index (χ3v) is 3.47. The van der Waals surface area contributed by atoms with E-state index in [0.717, 1.165) is 35.4 Å². The van der Waals surface area contributed by atoms with Crippen molar-refractivity contribution < 1.29 is 4.79 Å². The molecule has 0 spiro atoms. The number of carbonyl (C=O) groups is 1. The number of Topliss-reactive ketones (excluding diaryl/α,β-unsaturated/α-hetero) is 1. The molecule has 0 radical (unpaired) electrons. The summed E-state index contributed by atoms with van der Waals surface area (Å²) in [5, 5.41) is 10.8. The normalized spacial score (nSPS) is 16.3. The van der Waals surface area contributed by atoms with Gasteiger partial charge in [0.05, 0.1) is 5.69 Å². The lowest BCUT2D eigenvalue weighted by Gasteiger charge is -2.27. The predicted molar refractivity (Wildman–Crippen MR) is 70.7 cm³/mol. The molecule has 1 aliphatic rings. The first-order valence-electron chi connectivity index (χ1n) is 6.24. The summed E-state index contributed by atoms with van der Waals surface area (Å²) in [4.78, 5) is 13.5. The molecule has 0 aliphatic carbocycles. The van der Waals surface area contributed by atoms with Crippen LogP contribution >= 0.6 is 0 Å². The SMILES string of the molecule is Cc1nnc(N2CCC(=O)CC2)c2ccccc12. The van der Waals surface area contributed by atoms with Crippen LogP contribution in [0.5, 0.6) is 0 Å². The third kappa shape index (κ3) is 1.83. The van der Waals surface area contributed by atoms with E-state index in [-0.39, 0.29) is 0 Å². The molecule has 0 bridgehead atoms. The molecule has 0 saturated carbocycles. The Bertz CT molecular complexity index is 599. The van der Waals surface area contributed by atoms with E-state index >= 15 is 0 Å². The summed E-state index contributed by atoms with van der Waals surface area (Å²) >= 11 is 0. The number of piperidine rings is 1. The van der Waals surface area contributed by atoms with E-state index in [9.17, 15) is 4.79 Å². The Hall–Kier alpha value is -1.97. The molecule has 1 aromatic heterocycles. The number of fused-ring (bicyclic) bond motifs is 1. The van der Waals surface area contributed by atoms with E-state index in [1.807, 2.05) is 19.1 Å². The lowest BCUT2D eigenvalue weighted by molar-refractivity contribution is -0.119. The van der Waals surface area contributed by atoms with Crippen molar-refractivity contribution in [2.75, 3.05) is 18.0 Å². The molecule has 1 aliphatic heterocycles. The number of aromatic nitrogens is 2. The first kappa shape index (κ1) is 11.1. The van der Waals surface area contributed by atoms with Gasteiger partial charge in [0, 0.05) is 36.7 Å². The maximum absolute atomic E-state index is 11.3. The Labute approximate surface area is 106 Å². The highest BCUT2D eigenvalue weighted by atomic mass is 16.1. The zero-order valence-corrected chi connectivity index (χ0v) is 10.4. The molecule has 1 saturated heterocycles. The van der Waals surface area contributed by atoms with E-state index < -0.39 is 0 Å². The Kier molecular flexibility index (Phi) is 2.70. The zero-order valence-electron chi connectivity index (χ0n) is 10.4. The van der Waals surface area contributed by atoms with Crippen LogP contribution < -0.4 is 4.90 Å². The van der Waals surface area contributed by atoms with Crippen LogP contribution in [-0.4, -0.2) is 29.1 Å². The molecule has 4 heteroatoms. The molecule has 1 aromatic carbocycles. The molecule has 2 aromatic rings. The van der Waals surface area contributed by atoms with Crippen LogP contribution in [0.3, 0.4) is 0 Å². The highest BCUT2D eigenvalue weighted by Gasteiger charge is 2.19. The number of ketones is 1. The Balaban J connectivity index is 2.07. The standard InChI is InChI=1S/C14H15N3O/c1-10-12-4-2-3-5-13(12)14(16-15-10)17-8-6-11(18)7-9-17/h2-5H,6-9H2,1H3. The molecular weight excluding hydrogens is 226 g/mol. The number of aryl methyl sites for hydroxylation is 1. The van der Waals surface area contributed by atoms with E-state index in [0.29, 0.717) is 18.6 Å². The van der Waals surface area contributed by atoms with Gasteiger partial charge in [-0.25, -0.2) is 0 Å². The van der Waals surface area contributed by atoms with Gasteiger partial charge < -0.3 is 4.90 Å². The van der Waals surface area contributed by atoms with Crippen molar-refractivity contribution in [3.8, 4) is 0 Å². The maximum Gasteiger partial charge on any atom is 0.159 e. The van der Waals surface area contributed by atoms with Crippen LogP contribution in [0.4, 0.5) is 5.82 Å². The summed E-state index contributed by atoms with van der Waals surface area (Å²) in [5.74, 6) is 1.25. The second-order valence-electron chi connectivity index (χ2n) is 4.68. The molecule has 18 heavy (non-hydrogen) atoms. The minimum Gasteiger partial charge on any atom is -0.354 e. The van der Waals surface area contributed by atoms with Crippen molar-refractivity contribution in [2.24, 2.45) is 0 Å². The van der Waals surface area contributed by atoms with Gasteiger partial charge in [0.25, 0.3) is 0 Å². The van der Waals surface area contributed by atoms with Crippen LogP contribution in [0.25, 0.3) is 10.8 Å². The fourth-order valence-corrected chi connectivity index (χ4v) is 2.43. The lowest BCUT2D eigenvalue weighted by Crippen LogP contribution is -2.34. The first-order chi connectivity index (χ1) is 8.75. The molecule has 1 fully saturated rings. The van der Waals surface area contributed by atoms with E-state index in [1.54, 1.807) is 0 Å². The Morgan fingerprint density at radius 1 is 1.06 bits per heavy atom. The number of rotatable bonds is 1. The molecule has 4 nitrogen and oxygen atoms in total. The summed E-state index contributed by atoms with van der Waals surface area (Å²) in [7, 11) is 0. The maximum atomic E-state index is 11.3. The number of hydrogen-bond acceptors (Lipinski definition) is 4. The van der Waals surface area contributed by atoms with Crippen molar-refractivity contribution in [3.63, 3.8) is 0 Å². The van der Waals surface area contributed by atoms with Gasteiger partial charge in [-0.3, -0.25) is 4.79 Å². The van der Waals surface area contributed by atoms with Crippen molar-refractivity contribution in [1.29, 1.82) is 0 Å². The minimum atomic E-state index is 0.343. The second-order valence-corrected chi connectivity index (χ2v) is 4.68. The largest absolute Gasteiger partial charge is 0.354 e. The van der Waals surface area contributed by atoms with Crippen LogP contribution in [-0.2, 0) is 4.79 Å². The Morgan fingerprint density at radius 2 is 1.72 bits per heavy atom. The van der Waals surface area contributed by atoms with Gasteiger partial charge in [0.1, 0.15) is 5.78 Å². The van der Waals surface area contributed by atoms with Gasteiger partial charge >= 0.3 is 0 Å². The topological polar surface area (TPSA) is 46.1 Å². The lowest BCUT2D eigenvalue weighted by atomic mass is 10.1. The summed E-state index contributed by atoms with van der Waals surface area (Å²) in [6, 6.07) is 8.17. The third-order valence-electron chi connectivity index (χ3n) is 3.47. The first-order valence-corrected chi connectivity index (χ1v) is 6.24. The quantitative estimate of drug-likeness (QED) is 0.767. The summed E-state index contributed by atoms with van der Waals surface area (Å²) in [6.45, 7) is 3.47. The zero-order chi connectivity index (χ0) is 12.5. The fraction of sp³-hybridized carbons (Fsp3) is 0.357. The van der Waals surface area contributed by atoms with E-state index in [1.165, 1.54) is 0 Å². The molecule has 92 valence electrons. The highest BCUT2D eigenvalue weighted by Crippen LogP contribution is 2.26. The van der Waals surface area contributed by atoms with Gasteiger partial charge in [-0.1, -0.05) is 24.3 Å². The van der Waals surface area contributed by atoms with Crippen LogP contribution in [0.1, 0.15) is 18.5 Å². The van der Waals surface area contributed by atoms with Gasteiger partial charge in [-0.05, 0) is 6.92 Å². The van der Waals surface area contributed by atoms with E-state index in [2.05, 4.69) is 27.2 Å². The van der Waals surface area contributed by atoms with Crippen LogP contribution in [0.2, 0.25) is 0 Å². The molecule has 0 atom stereocenters. The molecular formula is C14H15N3O. The van der Waals surface area contributed by atoms with E-state index in [4.69, 9.17) is 0 Å². The van der Waals surface area contributed by atoms with Gasteiger partial charge in [0.15, 0.2) is 5.82 Å². The van der Waals surface area contributed by atoms with Crippen molar-refractivity contribution >= 4 is 22.4 Å². The number of nitrogens with zero attached hydrogens (tertiary/aromatic N) is 3. The van der Waals surface area contributed by atoms with Crippen LogP contribution in [0, 0.1) is 6.92 Å². The molecule has 0 unspecified atom stereocenters. The van der Waals surface area contributed by atoms with Crippen molar-refractivity contribution in [1.82, 2.24) is 10.2 Å². The Morgan fingerprint density at radius 3 is 2.44 bits per heavy atom. The van der Waals surface area contributed by atoms with Gasteiger partial charge in [0.2, 0.25) is 0 Å². The number of carbonyl (C=O) groups excluding carboxylic acids is 1. The molecule has 2 heterocycles. The van der Waals surface area contributed by atoms with Crippen LogP contribution in [0.15, 0.2) is 24.3 Å². The van der Waals surface area contributed by atoms with Gasteiger partial charge in [-0.15, -0.1) is 5.10 Å². The predicted octanol–water partition coefficient (Wildman–Crippen LogP) is 2.11. The number of benzene rings is 1. The average Bonchev–Trinajstić information content (AvgIpc) is 2.41. The number of anilines is 1. The van der Waals surface area contributed by atoms with Gasteiger partial charge in [-0.2, -0.15) is 5.10 Å². The smallest absolute Gasteiger partial charge is 0.159 e. The van der Waals surface area contributed by atoms with Crippen molar-refractivity contribution in [2.45, 2.75) is 19.8 Å². The molecule has 0 N–H and O–H groups in total. The van der Waals surface area contributed by atoms with Crippen molar-refractivity contribution in [3.05, 3.63) is 30.0 Å². The average molecular weight is 241 g/mol. The summed E-state index contributed by atoms with van der Waals surface area (Å²) < 4.78 is 0. The second kappa shape index (κ2) is 4.37. The summed E-state index contributed by atoms with van der Waals surface area (Å²) in [5.41, 5.74) is 0.947. The minimum absolute atomic E-state index is 0.343. The highest BCUT2D eigenvalue weighted by molar-refractivity contribution is 5.94. The monoisotopic (exact) mass is 241 g/mol. The molecule has 3 rings (SSSR count). The molecule has 0 amide bonds. The summed E-state index contributed by atoms with van der Waals surface area (Å²) in [6.07, 6.45) is 1.23. The number of hydrogen-bond donors (Lipinski definition) is 0. The fourth-order valence-electron chi connectivity index (χ4n) is 2.43.